The fourth-order valence-electron chi connectivity index (χ4n) is 5.51. The Morgan fingerprint density at radius 2 is 1.86 bits per heavy atom. The molecule has 1 heterocycles. The average Bonchev–Trinajstić information content (AvgIpc) is 3.11. The van der Waals surface area contributed by atoms with Gasteiger partial charge >= 0.3 is 5.97 Å². The van der Waals surface area contributed by atoms with Crippen molar-refractivity contribution in [3.05, 3.63) is 35.6 Å². The Kier molecular flexibility index (Phi) is 5.86. The van der Waals surface area contributed by atoms with E-state index < -0.39 is 0 Å². The lowest BCUT2D eigenvalue weighted by atomic mass is 9.68. The molecule has 0 bridgehead atoms. The van der Waals surface area contributed by atoms with Gasteiger partial charge in [0.15, 0.2) is 11.5 Å². The van der Waals surface area contributed by atoms with Gasteiger partial charge in [-0.2, -0.15) is 0 Å². The molecule has 2 fully saturated rings. The highest BCUT2D eigenvalue weighted by molar-refractivity contribution is 5.73. The third kappa shape index (κ3) is 3.77. The van der Waals surface area contributed by atoms with E-state index in [9.17, 15) is 4.79 Å². The number of carbonyl (C=O) groups excluding carboxylic acids is 1. The van der Waals surface area contributed by atoms with E-state index in [1.807, 2.05) is 6.07 Å². The zero-order valence-corrected chi connectivity index (χ0v) is 17.9. The van der Waals surface area contributed by atoms with E-state index >= 15 is 0 Å². The second kappa shape index (κ2) is 8.39. The first-order valence-electron chi connectivity index (χ1n) is 10.9. The first-order valence-corrected chi connectivity index (χ1v) is 10.9. The van der Waals surface area contributed by atoms with Crippen LogP contribution in [0.4, 0.5) is 0 Å². The predicted octanol–water partition coefficient (Wildman–Crippen LogP) is 4.45. The molecule has 0 amide bonds. The third-order valence-electron chi connectivity index (χ3n) is 7.30. The van der Waals surface area contributed by atoms with Gasteiger partial charge in [0.1, 0.15) is 5.76 Å². The highest BCUT2D eigenvalue weighted by Gasteiger charge is 2.49. The van der Waals surface area contributed by atoms with E-state index in [-0.39, 0.29) is 17.3 Å². The lowest BCUT2D eigenvalue weighted by molar-refractivity contribution is -0.146. The maximum absolute atomic E-state index is 12.6. The molecular formula is C24H33NO4. The molecule has 29 heavy (non-hydrogen) atoms. The molecule has 1 aliphatic heterocycles. The van der Waals surface area contributed by atoms with Crippen LogP contribution in [0.2, 0.25) is 0 Å². The van der Waals surface area contributed by atoms with E-state index in [0.717, 1.165) is 68.7 Å². The summed E-state index contributed by atoms with van der Waals surface area (Å²) in [6.45, 7) is 1.04. The Morgan fingerprint density at radius 1 is 1.10 bits per heavy atom. The topological polar surface area (TPSA) is 48.0 Å². The number of carbonyl (C=O) groups is 1. The van der Waals surface area contributed by atoms with E-state index in [1.165, 1.54) is 12.0 Å². The third-order valence-corrected chi connectivity index (χ3v) is 7.30. The van der Waals surface area contributed by atoms with Crippen molar-refractivity contribution in [2.75, 3.05) is 27.8 Å². The average molecular weight is 400 g/mol. The van der Waals surface area contributed by atoms with Gasteiger partial charge in [0, 0.05) is 17.9 Å². The minimum Gasteiger partial charge on any atom is -0.493 e. The molecule has 2 aliphatic carbocycles. The zero-order chi connectivity index (χ0) is 20.4. The van der Waals surface area contributed by atoms with Crippen LogP contribution in [0.1, 0.15) is 56.9 Å². The monoisotopic (exact) mass is 399 g/mol. The molecule has 0 spiro atoms. The standard InChI is InChI=1S/C24H33NO4/c1-25-14-13-24(18-9-10-20(27-2)21(15-18)28-3)12-11-19(16-22(24)25)29-23(26)17-7-5-4-6-8-17/h9-11,15,17,22H,4-8,12-14,16H2,1-3H3. The summed E-state index contributed by atoms with van der Waals surface area (Å²) in [5, 5.41) is 0. The number of rotatable bonds is 5. The van der Waals surface area contributed by atoms with Crippen LogP contribution in [0.25, 0.3) is 0 Å². The molecule has 4 rings (SSSR count). The molecule has 0 aromatic heterocycles. The summed E-state index contributed by atoms with van der Waals surface area (Å²) in [4.78, 5) is 15.1. The Balaban J connectivity index is 1.56. The van der Waals surface area contributed by atoms with Crippen LogP contribution >= 0.6 is 0 Å². The number of allylic oxidation sites excluding steroid dienone is 1. The summed E-state index contributed by atoms with van der Waals surface area (Å²) in [6, 6.07) is 6.61. The van der Waals surface area contributed by atoms with Crippen molar-refractivity contribution in [3.63, 3.8) is 0 Å². The number of methoxy groups -OCH3 is 2. The van der Waals surface area contributed by atoms with Crippen LogP contribution < -0.4 is 9.47 Å². The van der Waals surface area contributed by atoms with Crippen LogP contribution in [0.3, 0.4) is 0 Å². The minimum atomic E-state index is -0.0183. The van der Waals surface area contributed by atoms with Gasteiger partial charge < -0.3 is 19.1 Å². The van der Waals surface area contributed by atoms with Gasteiger partial charge in [0.25, 0.3) is 0 Å². The summed E-state index contributed by atoms with van der Waals surface area (Å²) in [5.74, 6) is 2.45. The molecule has 1 aromatic carbocycles. The summed E-state index contributed by atoms with van der Waals surface area (Å²) >= 11 is 0. The number of hydrogen-bond donors (Lipinski definition) is 0. The number of esters is 1. The highest BCUT2D eigenvalue weighted by atomic mass is 16.5. The van der Waals surface area contributed by atoms with Gasteiger partial charge in [0.2, 0.25) is 0 Å². The van der Waals surface area contributed by atoms with Crippen LogP contribution in [0, 0.1) is 5.92 Å². The van der Waals surface area contributed by atoms with Crippen LogP contribution in [-0.4, -0.2) is 44.7 Å². The second-order valence-corrected chi connectivity index (χ2v) is 8.81. The van der Waals surface area contributed by atoms with Gasteiger partial charge in [-0.25, -0.2) is 0 Å². The van der Waals surface area contributed by atoms with E-state index in [0.29, 0.717) is 6.04 Å². The highest BCUT2D eigenvalue weighted by Crippen LogP contribution is 2.49. The number of likely N-dealkylation sites (N-methyl/N-ethyl adjacent to an activating group) is 1. The lowest BCUT2D eigenvalue weighted by Gasteiger charge is -2.41. The number of ether oxygens (including phenoxy) is 3. The van der Waals surface area contributed by atoms with Gasteiger partial charge in [-0.05, 0) is 63.0 Å². The van der Waals surface area contributed by atoms with Gasteiger partial charge in [-0.1, -0.05) is 25.3 Å². The molecule has 1 saturated heterocycles. The molecule has 2 atom stereocenters. The maximum atomic E-state index is 12.6. The van der Waals surface area contributed by atoms with E-state index in [2.05, 4.69) is 30.2 Å². The molecule has 3 aliphatic rings. The fourth-order valence-corrected chi connectivity index (χ4v) is 5.51. The molecule has 1 saturated carbocycles. The Morgan fingerprint density at radius 3 is 2.59 bits per heavy atom. The molecule has 2 unspecified atom stereocenters. The smallest absolute Gasteiger partial charge is 0.313 e. The van der Waals surface area contributed by atoms with E-state index in [1.54, 1.807) is 14.2 Å². The summed E-state index contributed by atoms with van der Waals surface area (Å²) in [5.41, 5.74) is 1.30. The normalized spacial score (nSPS) is 27.8. The Labute approximate surface area is 174 Å². The van der Waals surface area contributed by atoms with Crippen LogP contribution in [-0.2, 0) is 14.9 Å². The van der Waals surface area contributed by atoms with Crippen LogP contribution in [0.15, 0.2) is 30.0 Å². The number of hydrogen-bond acceptors (Lipinski definition) is 5. The number of likely N-dealkylation sites (tertiary alicyclic amines) is 1. The Hall–Kier alpha value is -2.01. The zero-order valence-electron chi connectivity index (χ0n) is 17.9. The van der Waals surface area contributed by atoms with Gasteiger partial charge in [-0.3, -0.25) is 4.79 Å². The van der Waals surface area contributed by atoms with Gasteiger partial charge in [-0.15, -0.1) is 0 Å². The van der Waals surface area contributed by atoms with Crippen molar-refractivity contribution in [1.82, 2.24) is 4.90 Å². The molecule has 0 radical (unpaired) electrons. The largest absolute Gasteiger partial charge is 0.493 e. The summed E-state index contributed by atoms with van der Waals surface area (Å²) < 4.78 is 16.9. The van der Waals surface area contributed by atoms with Crippen molar-refractivity contribution in [1.29, 1.82) is 0 Å². The van der Waals surface area contributed by atoms with Crippen molar-refractivity contribution in [2.24, 2.45) is 5.92 Å². The lowest BCUT2D eigenvalue weighted by Crippen LogP contribution is -2.43. The molecule has 0 N–H and O–H groups in total. The quantitative estimate of drug-likeness (QED) is 0.685. The van der Waals surface area contributed by atoms with Crippen LogP contribution in [0.5, 0.6) is 11.5 Å². The van der Waals surface area contributed by atoms with Crippen molar-refractivity contribution >= 4 is 5.97 Å². The fraction of sp³-hybridized carbons (Fsp3) is 0.625. The summed E-state index contributed by atoms with van der Waals surface area (Å²) in [6.07, 6.45) is 10.4. The molecule has 5 nitrogen and oxygen atoms in total. The maximum Gasteiger partial charge on any atom is 0.313 e. The second-order valence-electron chi connectivity index (χ2n) is 8.81. The molecule has 1 aromatic rings. The Bertz CT molecular complexity index is 783. The van der Waals surface area contributed by atoms with E-state index in [4.69, 9.17) is 14.2 Å². The number of fused-ring (bicyclic) bond motifs is 1. The van der Waals surface area contributed by atoms with Crippen molar-refractivity contribution in [2.45, 2.75) is 62.8 Å². The number of benzene rings is 1. The van der Waals surface area contributed by atoms with Crippen molar-refractivity contribution in [3.8, 4) is 11.5 Å². The molecule has 5 heteroatoms. The predicted molar refractivity (Wildman–Crippen MR) is 112 cm³/mol. The number of nitrogens with zero attached hydrogens (tertiary/aromatic N) is 1. The first-order chi connectivity index (χ1) is 14.1. The first kappa shape index (κ1) is 20.3. The molecule has 158 valence electrons. The molecular weight excluding hydrogens is 366 g/mol. The minimum absolute atomic E-state index is 0.0183. The SMILES string of the molecule is COc1ccc(C23CC=C(OC(=O)C4CCCCC4)CC2N(C)CC3)cc1OC. The summed E-state index contributed by atoms with van der Waals surface area (Å²) in [7, 11) is 5.53. The van der Waals surface area contributed by atoms with Crippen molar-refractivity contribution < 1.29 is 19.0 Å². The van der Waals surface area contributed by atoms with Gasteiger partial charge in [0.05, 0.1) is 20.1 Å².